The Morgan fingerprint density at radius 1 is 1.25 bits per heavy atom. The monoisotopic (exact) mass is 274 g/mol. The van der Waals surface area contributed by atoms with Gasteiger partial charge >= 0.3 is 5.97 Å². The minimum atomic E-state index is -0.503. The second kappa shape index (κ2) is 5.61. The lowest BCUT2D eigenvalue weighted by molar-refractivity contribution is 0.0602. The molecule has 0 atom stereocenters. The molecule has 0 bridgehead atoms. The number of benzene rings is 2. The molecule has 0 saturated carbocycles. The molecular weight excluding hydrogens is 259 g/mol. The number of methoxy groups -OCH3 is 1. The molecule has 0 saturated heterocycles. The Labute approximate surface area is 116 Å². The number of hydrogen-bond donors (Lipinski definition) is 1. The van der Waals surface area contributed by atoms with Gasteiger partial charge in [-0.2, -0.15) is 0 Å². The van der Waals surface area contributed by atoms with Crippen LogP contribution in [0.25, 0.3) is 0 Å². The van der Waals surface area contributed by atoms with E-state index in [-0.39, 0.29) is 11.4 Å². The van der Waals surface area contributed by atoms with Gasteiger partial charge in [-0.3, -0.25) is 0 Å². The van der Waals surface area contributed by atoms with E-state index in [1.807, 2.05) is 0 Å². The number of carbonyl (C=O) groups excluding carboxylic acids is 1. The van der Waals surface area contributed by atoms with Gasteiger partial charge in [0, 0.05) is 12.7 Å². The number of nitrogens with two attached hydrogens (primary N) is 1. The van der Waals surface area contributed by atoms with Gasteiger partial charge in [-0.05, 0) is 30.3 Å². The summed E-state index contributed by atoms with van der Waals surface area (Å²) in [4.78, 5) is 13.3. The van der Waals surface area contributed by atoms with E-state index >= 15 is 0 Å². The molecule has 4 nitrogen and oxygen atoms in total. The average Bonchev–Trinajstić information content (AvgIpc) is 2.46. The van der Waals surface area contributed by atoms with Gasteiger partial charge in [0.1, 0.15) is 5.82 Å². The van der Waals surface area contributed by atoms with E-state index < -0.39 is 5.97 Å². The fourth-order valence-electron chi connectivity index (χ4n) is 1.96. The standard InChI is InChI=1S/C15H15FN2O2/c1-18(11-6-3-5-10(16)9-11)13-8-4-7-12(14(13)17)15(19)20-2/h3-9H,17H2,1-2H3. The van der Waals surface area contributed by atoms with Crippen LogP contribution in [0.3, 0.4) is 0 Å². The molecule has 2 rings (SSSR count). The maximum Gasteiger partial charge on any atom is 0.340 e. The van der Waals surface area contributed by atoms with Crippen molar-refractivity contribution in [3.8, 4) is 0 Å². The molecule has 2 aromatic carbocycles. The van der Waals surface area contributed by atoms with Gasteiger partial charge in [0.25, 0.3) is 0 Å². The number of anilines is 3. The van der Waals surface area contributed by atoms with E-state index in [0.29, 0.717) is 17.1 Å². The van der Waals surface area contributed by atoms with E-state index in [9.17, 15) is 9.18 Å². The molecule has 0 aliphatic carbocycles. The molecule has 2 N–H and O–H groups in total. The minimum Gasteiger partial charge on any atom is -0.465 e. The lowest BCUT2D eigenvalue weighted by Gasteiger charge is -2.22. The molecule has 0 amide bonds. The van der Waals surface area contributed by atoms with Crippen LogP contribution in [0.15, 0.2) is 42.5 Å². The summed E-state index contributed by atoms with van der Waals surface area (Å²) in [5.74, 6) is -0.839. The molecule has 104 valence electrons. The Kier molecular flexibility index (Phi) is 3.89. The molecule has 0 heterocycles. The Balaban J connectivity index is 2.45. The van der Waals surface area contributed by atoms with Crippen LogP contribution in [0.5, 0.6) is 0 Å². The Morgan fingerprint density at radius 2 is 1.95 bits per heavy atom. The minimum absolute atomic E-state index is 0.285. The molecule has 0 radical (unpaired) electrons. The molecule has 0 aliphatic rings. The predicted molar refractivity (Wildman–Crippen MR) is 76.7 cm³/mol. The van der Waals surface area contributed by atoms with Crippen molar-refractivity contribution in [3.63, 3.8) is 0 Å². The maximum absolute atomic E-state index is 13.3. The van der Waals surface area contributed by atoms with Crippen LogP contribution in [0.1, 0.15) is 10.4 Å². The van der Waals surface area contributed by atoms with Crippen molar-refractivity contribution < 1.29 is 13.9 Å². The maximum atomic E-state index is 13.3. The first-order valence-corrected chi connectivity index (χ1v) is 6.00. The number of halogens is 1. The summed E-state index contributed by atoms with van der Waals surface area (Å²) in [7, 11) is 3.05. The highest BCUT2D eigenvalue weighted by molar-refractivity contribution is 5.99. The topological polar surface area (TPSA) is 55.6 Å². The second-order valence-corrected chi connectivity index (χ2v) is 4.27. The SMILES string of the molecule is COC(=O)c1cccc(N(C)c2cccc(F)c2)c1N. The van der Waals surface area contributed by atoms with Crippen molar-refractivity contribution in [1.82, 2.24) is 0 Å². The smallest absolute Gasteiger partial charge is 0.340 e. The van der Waals surface area contributed by atoms with Crippen LogP contribution < -0.4 is 10.6 Å². The first kappa shape index (κ1) is 13.9. The fraction of sp³-hybridized carbons (Fsp3) is 0.133. The first-order chi connectivity index (χ1) is 9.54. The summed E-state index contributed by atoms with van der Waals surface area (Å²) in [6.07, 6.45) is 0. The van der Waals surface area contributed by atoms with E-state index in [1.165, 1.54) is 19.2 Å². The summed E-state index contributed by atoms with van der Waals surface area (Å²) < 4.78 is 18.0. The van der Waals surface area contributed by atoms with Crippen LogP contribution in [0.4, 0.5) is 21.5 Å². The number of rotatable bonds is 3. The van der Waals surface area contributed by atoms with E-state index in [4.69, 9.17) is 5.73 Å². The molecule has 0 aliphatic heterocycles. The number of nitrogens with zero attached hydrogens (tertiary/aromatic N) is 1. The molecule has 0 aromatic heterocycles. The van der Waals surface area contributed by atoms with Crippen molar-refractivity contribution in [2.45, 2.75) is 0 Å². The number of esters is 1. The molecule has 5 heteroatoms. The van der Waals surface area contributed by atoms with Crippen LogP contribution in [0.2, 0.25) is 0 Å². The van der Waals surface area contributed by atoms with Crippen molar-refractivity contribution >= 4 is 23.0 Å². The quantitative estimate of drug-likeness (QED) is 0.690. The third-order valence-electron chi connectivity index (χ3n) is 3.05. The van der Waals surface area contributed by atoms with E-state index in [0.717, 1.165) is 0 Å². The second-order valence-electron chi connectivity index (χ2n) is 4.27. The molecular formula is C15H15FN2O2. The van der Waals surface area contributed by atoms with Gasteiger partial charge < -0.3 is 15.4 Å². The molecule has 0 fully saturated rings. The van der Waals surface area contributed by atoms with Gasteiger partial charge in [0.2, 0.25) is 0 Å². The lowest BCUT2D eigenvalue weighted by atomic mass is 10.1. The number of carbonyl (C=O) groups is 1. The summed E-state index contributed by atoms with van der Waals surface area (Å²) in [6, 6.07) is 11.2. The van der Waals surface area contributed by atoms with E-state index in [1.54, 1.807) is 42.3 Å². The van der Waals surface area contributed by atoms with Crippen molar-refractivity contribution in [2.75, 3.05) is 24.8 Å². The number of para-hydroxylation sites is 1. The number of ether oxygens (including phenoxy) is 1. The zero-order chi connectivity index (χ0) is 14.7. The van der Waals surface area contributed by atoms with Crippen LogP contribution in [-0.2, 0) is 4.74 Å². The summed E-state index contributed by atoms with van der Waals surface area (Å²) >= 11 is 0. The fourth-order valence-corrected chi connectivity index (χ4v) is 1.96. The van der Waals surface area contributed by atoms with Crippen molar-refractivity contribution in [2.24, 2.45) is 0 Å². The highest BCUT2D eigenvalue weighted by Gasteiger charge is 2.15. The molecule has 20 heavy (non-hydrogen) atoms. The third-order valence-corrected chi connectivity index (χ3v) is 3.05. The van der Waals surface area contributed by atoms with Gasteiger partial charge in [-0.25, -0.2) is 9.18 Å². The van der Waals surface area contributed by atoms with Gasteiger partial charge in [-0.1, -0.05) is 12.1 Å². The average molecular weight is 274 g/mol. The lowest BCUT2D eigenvalue weighted by Crippen LogP contribution is -2.14. The van der Waals surface area contributed by atoms with Gasteiger partial charge in [0.05, 0.1) is 24.0 Å². The van der Waals surface area contributed by atoms with Crippen molar-refractivity contribution in [3.05, 3.63) is 53.8 Å². The van der Waals surface area contributed by atoms with Crippen LogP contribution in [0, 0.1) is 5.82 Å². The number of hydrogen-bond acceptors (Lipinski definition) is 4. The Morgan fingerprint density at radius 3 is 2.60 bits per heavy atom. The highest BCUT2D eigenvalue weighted by atomic mass is 19.1. The van der Waals surface area contributed by atoms with Crippen LogP contribution >= 0.6 is 0 Å². The van der Waals surface area contributed by atoms with E-state index in [2.05, 4.69) is 4.74 Å². The largest absolute Gasteiger partial charge is 0.465 e. The normalized spacial score (nSPS) is 10.2. The molecule has 0 spiro atoms. The predicted octanol–water partition coefficient (Wildman–Crippen LogP) is 2.96. The zero-order valence-electron chi connectivity index (χ0n) is 11.3. The Bertz CT molecular complexity index is 644. The highest BCUT2D eigenvalue weighted by Crippen LogP contribution is 2.31. The Hall–Kier alpha value is -2.56. The summed E-state index contributed by atoms with van der Waals surface area (Å²) in [5.41, 5.74) is 7.83. The molecule has 0 unspecified atom stereocenters. The van der Waals surface area contributed by atoms with Gasteiger partial charge in [0.15, 0.2) is 0 Å². The first-order valence-electron chi connectivity index (χ1n) is 6.00. The summed E-state index contributed by atoms with van der Waals surface area (Å²) in [5, 5.41) is 0. The number of nitrogen functional groups attached to an aromatic ring is 1. The van der Waals surface area contributed by atoms with Crippen molar-refractivity contribution in [1.29, 1.82) is 0 Å². The molecule has 2 aromatic rings. The summed E-state index contributed by atoms with van der Waals surface area (Å²) in [6.45, 7) is 0. The van der Waals surface area contributed by atoms with Gasteiger partial charge in [-0.15, -0.1) is 0 Å². The zero-order valence-corrected chi connectivity index (χ0v) is 11.3. The van der Waals surface area contributed by atoms with Crippen LogP contribution in [-0.4, -0.2) is 20.1 Å². The third kappa shape index (κ3) is 2.56.